The number of nitro groups is 1. The molecule has 1 heterocycles. The molecule has 0 spiro atoms. The zero-order chi connectivity index (χ0) is 18.5. The molecule has 1 amide bonds. The van der Waals surface area contributed by atoms with Crippen molar-refractivity contribution in [1.29, 1.82) is 0 Å². The maximum Gasteiger partial charge on any atom is 0.269 e. The predicted molar refractivity (Wildman–Crippen MR) is 102 cm³/mol. The minimum absolute atomic E-state index is 0.00212. The number of aliphatic hydroxyl groups is 1. The number of nitro benzene ring substituents is 1. The molecule has 0 radical (unpaired) electrons. The summed E-state index contributed by atoms with van der Waals surface area (Å²) in [4.78, 5) is 22.0. The van der Waals surface area contributed by atoms with Gasteiger partial charge in [0.2, 0.25) is 5.91 Å². The van der Waals surface area contributed by atoms with E-state index in [0.29, 0.717) is 5.56 Å². The van der Waals surface area contributed by atoms with Crippen molar-refractivity contribution in [3.8, 4) is 0 Å². The zero-order valence-corrected chi connectivity index (χ0v) is 14.5. The van der Waals surface area contributed by atoms with E-state index in [1.165, 1.54) is 18.2 Å². The first-order valence-corrected chi connectivity index (χ1v) is 8.77. The van der Waals surface area contributed by atoms with Crippen molar-refractivity contribution in [2.75, 3.05) is 6.54 Å². The minimum atomic E-state index is -0.789. The van der Waals surface area contributed by atoms with E-state index in [9.17, 15) is 20.0 Å². The Labute approximate surface area is 153 Å². The Kier molecular flexibility index (Phi) is 5.40. The van der Waals surface area contributed by atoms with Crippen LogP contribution >= 0.6 is 11.3 Å². The van der Waals surface area contributed by atoms with E-state index in [1.54, 1.807) is 29.5 Å². The first kappa shape index (κ1) is 17.8. The van der Waals surface area contributed by atoms with Gasteiger partial charge in [-0.25, -0.2) is 0 Å². The number of nitrogens with zero attached hydrogens (tertiary/aromatic N) is 1. The van der Waals surface area contributed by atoms with E-state index in [-0.39, 0.29) is 18.1 Å². The molecule has 0 saturated carbocycles. The lowest BCUT2D eigenvalue weighted by Gasteiger charge is -2.10. The van der Waals surface area contributed by atoms with Gasteiger partial charge in [0, 0.05) is 35.0 Å². The van der Waals surface area contributed by atoms with Gasteiger partial charge in [0.15, 0.2) is 0 Å². The van der Waals surface area contributed by atoms with E-state index in [1.807, 2.05) is 29.6 Å². The second-order valence-electron chi connectivity index (χ2n) is 5.63. The lowest BCUT2D eigenvalue weighted by molar-refractivity contribution is -0.384. The maximum atomic E-state index is 11.9. The number of thiophene rings is 1. The number of fused-ring (bicyclic) bond motifs is 1. The van der Waals surface area contributed by atoms with Crippen LogP contribution in [0.1, 0.15) is 17.2 Å². The second-order valence-corrected chi connectivity index (χ2v) is 6.54. The van der Waals surface area contributed by atoms with Gasteiger partial charge in [-0.2, -0.15) is 0 Å². The molecule has 0 bridgehead atoms. The van der Waals surface area contributed by atoms with Crippen molar-refractivity contribution in [3.05, 3.63) is 81.2 Å². The molecule has 0 aliphatic rings. The average Bonchev–Trinajstić information content (AvgIpc) is 3.09. The number of rotatable bonds is 6. The van der Waals surface area contributed by atoms with Crippen LogP contribution in [0.2, 0.25) is 0 Å². The third-order valence-corrected chi connectivity index (χ3v) is 4.85. The molecule has 132 valence electrons. The summed E-state index contributed by atoms with van der Waals surface area (Å²) in [5, 5.41) is 26.5. The van der Waals surface area contributed by atoms with Crippen molar-refractivity contribution in [1.82, 2.24) is 5.32 Å². The maximum absolute atomic E-state index is 11.9. The standard InChI is InChI=1S/C19H16N2O4S/c22-17(16-12-26-18-4-2-1-3-15(16)18)11-20-19(23)10-7-13-5-8-14(9-6-13)21(24)25/h1-10,12,17,22H,11H2,(H,20,23)/b10-7+. The Balaban J connectivity index is 1.57. The predicted octanol–water partition coefficient (Wildman–Crippen LogP) is 3.67. The highest BCUT2D eigenvalue weighted by molar-refractivity contribution is 7.17. The molecule has 1 atom stereocenters. The monoisotopic (exact) mass is 368 g/mol. The van der Waals surface area contributed by atoms with Gasteiger partial charge in [0.05, 0.1) is 11.0 Å². The van der Waals surface area contributed by atoms with Crippen LogP contribution < -0.4 is 5.32 Å². The van der Waals surface area contributed by atoms with Crippen LogP contribution in [0.3, 0.4) is 0 Å². The normalized spacial score (nSPS) is 12.3. The highest BCUT2D eigenvalue weighted by Crippen LogP contribution is 2.29. The van der Waals surface area contributed by atoms with Gasteiger partial charge in [0.1, 0.15) is 0 Å². The van der Waals surface area contributed by atoms with Crippen LogP contribution in [0.25, 0.3) is 16.2 Å². The van der Waals surface area contributed by atoms with Gasteiger partial charge >= 0.3 is 0 Å². The highest BCUT2D eigenvalue weighted by atomic mass is 32.1. The molecule has 0 aliphatic carbocycles. The van der Waals surface area contributed by atoms with Crippen molar-refractivity contribution < 1.29 is 14.8 Å². The van der Waals surface area contributed by atoms with E-state index < -0.39 is 11.0 Å². The van der Waals surface area contributed by atoms with E-state index in [0.717, 1.165) is 15.6 Å². The van der Waals surface area contributed by atoms with E-state index in [4.69, 9.17) is 0 Å². The molecule has 6 nitrogen and oxygen atoms in total. The molecule has 0 saturated heterocycles. The lowest BCUT2D eigenvalue weighted by atomic mass is 10.1. The second kappa shape index (κ2) is 7.90. The number of hydrogen-bond acceptors (Lipinski definition) is 5. The number of benzene rings is 2. The number of aliphatic hydroxyl groups excluding tert-OH is 1. The summed E-state index contributed by atoms with van der Waals surface area (Å²) in [5.74, 6) is -0.345. The van der Waals surface area contributed by atoms with Crippen LogP contribution in [0, 0.1) is 10.1 Å². The first-order chi connectivity index (χ1) is 12.5. The molecule has 3 aromatic rings. The van der Waals surface area contributed by atoms with Crippen molar-refractivity contribution in [2.24, 2.45) is 0 Å². The number of non-ortho nitro benzene ring substituents is 1. The molecule has 0 aliphatic heterocycles. The number of nitrogens with one attached hydrogen (secondary N) is 1. The zero-order valence-electron chi connectivity index (χ0n) is 13.7. The number of amides is 1. The fraction of sp³-hybridized carbons (Fsp3) is 0.105. The number of carbonyl (C=O) groups excluding carboxylic acids is 1. The lowest BCUT2D eigenvalue weighted by Crippen LogP contribution is -2.26. The van der Waals surface area contributed by atoms with Crippen LogP contribution in [0.5, 0.6) is 0 Å². The highest BCUT2D eigenvalue weighted by Gasteiger charge is 2.13. The van der Waals surface area contributed by atoms with Gasteiger partial charge in [-0.05, 0) is 40.6 Å². The number of hydrogen-bond donors (Lipinski definition) is 2. The molecule has 0 fully saturated rings. The molecule has 3 rings (SSSR count). The van der Waals surface area contributed by atoms with Crippen molar-refractivity contribution in [3.63, 3.8) is 0 Å². The number of carbonyl (C=O) groups is 1. The van der Waals surface area contributed by atoms with Crippen molar-refractivity contribution >= 4 is 39.1 Å². The van der Waals surface area contributed by atoms with Gasteiger partial charge in [0.25, 0.3) is 5.69 Å². The van der Waals surface area contributed by atoms with Gasteiger partial charge in [-0.3, -0.25) is 14.9 Å². The molecule has 1 unspecified atom stereocenters. The summed E-state index contributed by atoms with van der Waals surface area (Å²) < 4.78 is 1.09. The topological polar surface area (TPSA) is 92.5 Å². The summed E-state index contributed by atoms with van der Waals surface area (Å²) >= 11 is 1.55. The molecule has 2 N–H and O–H groups in total. The molecular weight excluding hydrogens is 352 g/mol. The Hall–Kier alpha value is -3.03. The Morgan fingerprint density at radius 2 is 1.96 bits per heavy atom. The van der Waals surface area contributed by atoms with E-state index >= 15 is 0 Å². The minimum Gasteiger partial charge on any atom is -0.387 e. The smallest absolute Gasteiger partial charge is 0.269 e. The SMILES string of the molecule is O=C(/C=C/c1ccc([N+](=O)[O-])cc1)NCC(O)c1csc2ccccc12. The van der Waals surface area contributed by atoms with Crippen LogP contribution in [0.4, 0.5) is 5.69 Å². The first-order valence-electron chi connectivity index (χ1n) is 7.89. The fourth-order valence-electron chi connectivity index (χ4n) is 2.50. The summed E-state index contributed by atoms with van der Waals surface area (Å²) in [7, 11) is 0. The van der Waals surface area contributed by atoms with Gasteiger partial charge in [-0.1, -0.05) is 18.2 Å². The molecule has 1 aromatic heterocycles. The molecule has 2 aromatic carbocycles. The third-order valence-electron chi connectivity index (χ3n) is 3.87. The van der Waals surface area contributed by atoms with Gasteiger partial charge in [-0.15, -0.1) is 11.3 Å². The van der Waals surface area contributed by atoms with Crippen molar-refractivity contribution in [2.45, 2.75) is 6.10 Å². The third kappa shape index (κ3) is 4.14. The molecule has 26 heavy (non-hydrogen) atoms. The Bertz CT molecular complexity index is 963. The quantitative estimate of drug-likeness (QED) is 0.394. The van der Waals surface area contributed by atoms with Crippen LogP contribution in [-0.2, 0) is 4.79 Å². The largest absolute Gasteiger partial charge is 0.387 e. The summed E-state index contributed by atoms with van der Waals surface area (Å²) in [5.41, 5.74) is 1.47. The summed E-state index contributed by atoms with van der Waals surface area (Å²) in [6.07, 6.45) is 2.10. The van der Waals surface area contributed by atoms with Crippen LogP contribution in [-0.4, -0.2) is 22.5 Å². The van der Waals surface area contributed by atoms with E-state index in [2.05, 4.69) is 5.32 Å². The van der Waals surface area contributed by atoms with Crippen LogP contribution in [0.15, 0.2) is 60.0 Å². The fourth-order valence-corrected chi connectivity index (χ4v) is 3.51. The summed E-state index contributed by atoms with van der Waals surface area (Å²) in [6.45, 7) is 0.101. The van der Waals surface area contributed by atoms with Gasteiger partial charge < -0.3 is 10.4 Å². The summed E-state index contributed by atoms with van der Waals surface area (Å²) in [6, 6.07) is 13.7. The Morgan fingerprint density at radius 3 is 2.69 bits per heavy atom. The average molecular weight is 368 g/mol. The Morgan fingerprint density at radius 1 is 1.23 bits per heavy atom. The molecule has 7 heteroatoms. The molecular formula is C19H16N2O4S.